The lowest BCUT2D eigenvalue weighted by atomic mass is 10.1. The van der Waals surface area contributed by atoms with Crippen LogP contribution in [-0.2, 0) is 11.2 Å². The van der Waals surface area contributed by atoms with Crippen LogP contribution < -0.4 is 5.32 Å². The topological polar surface area (TPSA) is 46.2 Å². The van der Waals surface area contributed by atoms with Crippen molar-refractivity contribution in [1.29, 1.82) is 0 Å². The van der Waals surface area contributed by atoms with Gasteiger partial charge in [0.1, 0.15) is 0 Å². The third-order valence-electron chi connectivity index (χ3n) is 3.58. The predicted octanol–water partition coefficient (Wildman–Crippen LogP) is 4.21. The minimum Gasteiger partial charge on any atom is -0.322 e. The van der Waals surface area contributed by atoms with E-state index in [1.807, 2.05) is 32.0 Å². The Balaban J connectivity index is 2.10. The Morgan fingerprint density at radius 1 is 1.08 bits per heavy atom. The maximum Gasteiger partial charge on any atom is 0.248 e. The second-order valence-corrected chi connectivity index (χ2v) is 5.28. The number of allylic oxidation sites excluding steroid dienone is 1. The Labute approximate surface area is 139 Å². The molecule has 2 aromatic rings. The van der Waals surface area contributed by atoms with Gasteiger partial charge in [-0.15, -0.1) is 0 Å². The van der Waals surface area contributed by atoms with Gasteiger partial charge in [-0.25, -0.2) is 8.78 Å². The molecule has 1 N–H and O–H groups in total. The van der Waals surface area contributed by atoms with Crippen molar-refractivity contribution in [1.82, 2.24) is 0 Å². The van der Waals surface area contributed by atoms with Crippen molar-refractivity contribution in [3.63, 3.8) is 0 Å². The largest absolute Gasteiger partial charge is 0.322 e. The minimum atomic E-state index is -1.11. The van der Waals surface area contributed by atoms with Gasteiger partial charge in [-0.2, -0.15) is 0 Å². The lowest BCUT2D eigenvalue weighted by Crippen LogP contribution is -2.11. The zero-order valence-corrected chi connectivity index (χ0v) is 13.4. The first kappa shape index (κ1) is 17.5. The number of ketones is 1. The predicted molar refractivity (Wildman–Crippen MR) is 89.0 cm³/mol. The van der Waals surface area contributed by atoms with Crippen molar-refractivity contribution in [2.24, 2.45) is 0 Å². The average molecular weight is 329 g/mol. The maximum atomic E-state index is 13.1. The number of nitrogens with one attached hydrogen (secondary N) is 1. The number of carbonyl (C=O) groups excluding carboxylic acids is 2. The summed E-state index contributed by atoms with van der Waals surface area (Å²) in [5.74, 6) is -3.18. The molecule has 0 unspecified atom stereocenters. The van der Waals surface area contributed by atoms with E-state index in [-0.39, 0.29) is 5.56 Å². The van der Waals surface area contributed by atoms with E-state index >= 15 is 0 Å². The van der Waals surface area contributed by atoms with E-state index in [1.54, 1.807) is 0 Å². The molecule has 2 aromatic carbocycles. The molecule has 0 saturated heterocycles. The summed E-state index contributed by atoms with van der Waals surface area (Å²) in [7, 11) is 0. The van der Waals surface area contributed by atoms with Crippen LogP contribution in [0.3, 0.4) is 0 Å². The van der Waals surface area contributed by atoms with Gasteiger partial charge in [0.15, 0.2) is 17.4 Å². The van der Waals surface area contributed by atoms with Gasteiger partial charge >= 0.3 is 0 Å². The number of anilines is 1. The van der Waals surface area contributed by atoms with Crippen LogP contribution in [0.2, 0.25) is 0 Å². The molecule has 0 saturated carbocycles. The number of hydrogen-bond donors (Lipinski definition) is 1. The number of carbonyl (C=O) groups is 2. The number of amides is 1. The zero-order chi connectivity index (χ0) is 17.7. The number of hydrogen-bond acceptors (Lipinski definition) is 2. The van der Waals surface area contributed by atoms with Crippen LogP contribution in [0.5, 0.6) is 0 Å². The third-order valence-corrected chi connectivity index (χ3v) is 3.58. The zero-order valence-electron chi connectivity index (χ0n) is 13.4. The summed E-state index contributed by atoms with van der Waals surface area (Å²) in [6, 6.07) is 8.54. The summed E-state index contributed by atoms with van der Waals surface area (Å²) >= 11 is 0. The molecule has 0 bridgehead atoms. The fourth-order valence-electron chi connectivity index (χ4n) is 2.26. The van der Waals surface area contributed by atoms with Crippen molar-refractivity contribution < 1.29 is 18.4 Å². The van der Waals surface area contributed by atoms with Gasteiger partial charge in [-0.1, -0.05) is 25.1 Å². The molecule has 0 radical (unpaired) electrons. The Morgan fingerprint density at radius 3 is 2.50 bits per heavy atom. The van der Waals surface area contributed by atoms with Crippen molar-refractivity contribution in [3.05, 3.63) is 76.9 Å². The van der Waals surface area contributed by atoms with E-state index in [0.717, 1.165) is 47.5 Å². The fraction of sp³-hybridized carbons (Fsp3) is 0.158. The Bertz CT molecular complexity index is 813. The van der Waals surface area contributed by atoms with Crippen LogP contribution in [0.4, 0.5) is 14.5 Å². The van der Waals surface area contributed by atoms with Crippen LogP contribution in [-0.4, -0.2) is 11.7 Å². The summed E-state index contributed by atoms with van der Waals surface area (Å²) in [6.45, 7) is 3.86. The lowest BCUT2D eigenvalue weighted by Gasteiger charge is -2.11. The first-order valence-corrected chi connectivity index (χ1v) is 7.49. The highest BCUT2D eigenvalue weighted by molar-refractivity contribution is 6.10. The molecule has 124 valence electrons. The van der Waals surface area contributed by atoms with Crippen molar-refractivity contribution in [2.75, 3.05) is 5.32 Å². The van der Waals surface area contributed by atoms with Crippen LogP contribution >= 0.6 is 0 Å². The van der Waals surface area contributed by atoms with Gasteiger partial charge in [0.25, 0.3) is 0 Å². The van der Waals surface area contributed by atoms with E-state index in [4.69, 9.17) is 0 Å². The molecule has 1 amide bonds. The first-order valence-electron chi connectivity index (χ1n) is 7.49. The van der Waals surface area contributed by atoms with Crippen molar-refractivity contribution >= 4 is 17.4 Å². The minimum absolute atomic E-state index is 0.0249. The number of rotatable bonds is 5. The molecule has 0 aliphatic rings. The first-order chi connectivity index (χ1) is 11.4. The molecule has 0 aromatic heterocycles. The second-order valence-electron chi connectivity index (χ2n) is 5.28. The molecule has 3 nitrogen and oxygen atoms in total. The summed E-state index contributed by atoms with van der Waals surface area (Å²) in [4.78, 5) is 23.9. The van der Waals surface area contributed by atoms with Gasteiger partial charge in [-0.3, -0.25) is 9.59 Å². The van der Waals surface area contributed by atoms with E-state index in [2.05, 4.69) is 5.32 Å². The molecule has 0 aliphatic carbocycles. The standard InChI is InChI=1S/C19H17F2NO2/c1-3-13-6-4-5-12(2)19(13)22-18(24)10-9-17(23)14-7-8-15(20)16(21)11-14/h4-11H,3H2,1-2H3,(H,22,24)/b10-9+. The maximum absolute atomic E-state index is 13.1. The van der Waals surface area contributed by atoms with Gasteiger partial charge in [-0.05, 0) is 48.7 Å². The molecule has 24 heavy (non-hydrogen) atoms. The van der Waals surface area contributed by atoms with Gasteiger partial charge < -0.3 is 5.32 Å². The van der Waals surface area contributed by atoms with E-state index < -0.39 is 23.3 Å². The summed E-state index contributed by atoms with van der Waals surface area (Å²) in [5, 5.41) is 2.75. The number of halogens is 2. The summed E-state index contributed by atoms with van der Waals surface area (Å²) < 4.78 is 26.0. The fourth-order valence-corrected chi connectivity index (χ4v) is 2.26. The monoisotopic (exact) mass is 329 g/mol. The van der Waals surface area contributed by atoms with Crippen molar-refractivity contribution in [3.8, 4) is 0 Å². The van der Waals surface area contributed by atoms with Gasteiger partial charge in [0, 0.05) is 17.3 Å². The van der Waals surface area contributed by atoms with Crippen LogP contribution in [0, 0.1) is 18.6 Å². The van der Waals surface area contributed by atoms with Gasteiger partial charge in [0.05, 0.1) is 0 Å². The van der Waals surface area contributed by atoms with Crippen LogP contribution in [0.25, 0.3) is 0 Å². The number of para-hydroxylation sites is 1. The van der Waals surface area contributed by atoms with E-state index in [9.17, 15) is 18.4 Å². The molecular formula is C19H17F2NO2. The Kier molecular flexibility index (Phi) is 5.58. The molecule has 0 aliphatic heterocycles. The molecule has 0 heterocycles. The highest BCUT2D eigenvalue weighted by Crippen LogP contribution is 2.21. The Morgan fingerprint density at radius 2 is 1.83 bits per heavy atom. The lowest BCUT2D eigenvalue weighted by molar-refractivity contribution is -0.111. The highest BCUT2D eigenvalue weighted by atomic mass is 19.2. The molecular weight excluding hydrogens is 312 g/mol. The van der Waals surface area contributed by atoms with Gasteiger partial charge in [0.2, 0.25) is 5.91 Å². The van der Waals surface area contributed by atoms with E-state index in [1.165, 1.54) is 6.07 Å². The molecule has 0 spiro atoms. The number of aryl methyl sites for hydroxylation is 2. The normalized spacial score (nSPS) is 10.8. The molecule has 0 atom stereocenters. The number of benzene rings is 2. The van der Waals surface area contributed by atoms with Crippen molar-refractivity contribution in [2.45, 2.75) is 20.3 Å². The highest BCUT2D eigenvalue weighted by Gasteiger charge is 2.09. The molecule has 2 rings (SSSR count). The summed E-state index contributed by atoms with van der Waals surface area (Å²) in [6.07, 6.45) is 2.87. The summed E-state index contributed by atoms with van der Waals surface area (Å²) in [5.41, 5.74) is 2.60. The third kappa shape index (κ3) is 4.13. The van der Waals surface area contributed by atoms with Crippen LogP contribution in [0.1, 0.15) is 28.4 Å². The molecule has 5 heteroatoms. The smallest absolute Gasteiger partial charge is 0.248 e. The second kappa shape index (κ2) is 7.64. The molecule has 0 fully saturated rings. The SMILES string of the molecule is CCc1cccc(C)c1NC(=O)/C=C/C(=O)c1ccc(F)c(F)c1. The quantitative estimate of drug-likeness (QED) is 0.660. The average Bonchev–Trinajstić information content (AvgIpc) is 2.57. The van der Waals surface area contributed by atoms with Crippen LogP contribution in [0.15, 0.2) is 48.6 Å². The van der Waals surface area contributed by atoms with E-state index in [0.29, 0.717) is 0 Å². The Hall–Kier alpha value is -2.82.